The fourth-order valence-electron chi connectivity index (χ4n) is 1.58. The average molecular weight is 237 g/mol. The minimum Gasteiger partial charge on any atom is -0.322 e. The maximum Gasteiger partial charge on any atom is 0.154 e. The van der Waals surface area contributed by atoms with Crippen molar-refractivity contribution in [2.75, 3.05) is 0 Å². The lowest BCUT2D eigenvalue weighted by Gasteiger charge is -2.10. The predicted octanol–water partition coefficient (Wildman–Crippen LogP) is 2.25. The molecule has 1 atom stereocenters. The zero-order chi connectivity index (χ0) is 11.7. The molecule has 2 N–H and O–H groups in total. The molecule has 0 aliphatic heterocycles. The Kier molecular flexibility index (Phi) is 2.94. The summed E-state index contributed by atoms with van der Waals surface area (Å²) in [5, 5.41) is 8.81. The number of nitrogens with two attached hydrogens (primary N) is 1. The Hall–Kier alpha value is -1.39. The van der Waals surface area contributed by atoms with Crippen molar-refractivity contribution in [1.82, 2.24) is 14.8 Å². The van der Waals surface area contributed by atoms with Crippen molar-refractivity contribution in [3.05, 3.63) is 40.9 Å². The van der Waals surface area contributed by atoms with Crippen molar-refractivity contribution in [2.24, 2.45) is 5.73 Å². The fraction of sp³-hybridized carbons (Fsp3) is 0.273. The highest BCUT2D eigenvalue weighted by atomic mass is 35.5. The van der Waals surface area contributed by atoms with Crippen LogP contribution in [0, 0.1) is 6.92 Å². The molecule has 0 amide bonds. The zero-order valence-corrected chi connectivity index (χ0v) is 9.94. The van der Waals surface area contributed by atoms with Gasteiger partial charge in [0.15, 0.2) is 5.82 Å². The van der Waals surface area contributed by atoms with E-state index < -0.39 is 0 Å². The van der Waals surface area contributed by atoms with Crippen LogP contribution in [0.3, 0.4) is 0 Å². The zero-order valence-electron chi connectivity index (χ0n) is 9.18. The molecule has 0 spiro atoms. The van der Waals surface area contributed by atoms with Crippen LogP contribution in [0.25, 0.3) is 5.69 Å². The minimum absolute atomic E-state index is 0.156. The molecule has 2 aromatic rings. The summed E-state index contributed by atoms with van der Waals surface area (Å²) in [6.45, 7) is 3.78. The van der Waals surface area contributed by atoms with E-state index in [0.29, 0.717) is 5.02 Å². The van der Waals surface area contributed by atoms with Gasteiger partial charge in [0.2, 0.25) is 0 Å². The molecule has 5 heteroatoms. The van der Waals surface area contributed by atoms with Gasteiger partial charge in [-0.25, -0.2) is 0 Å². The Labute approximate surface area is 99.1 Å². The molecule has 2 rings (SSSR count). The molecule has 1 aromatic heterocycles. The molecule has 4 nitrogen and oxygen atoms in total. The summed E-state index contributed by atoms with van der Waals surface area (Å²) in [5.74, 6) is 1.56. The fourth-order valence-corrected chi connectivity index (χ4v) is 1.71. The topological polar surface area (TPSA) is 56.7 Å². The van der Waals surface area contributed by atoms with Crippen LogP contribution in [-0.2, 0) is 0 Å². The third-order valence-corrected chi connectivity index (χ3v) is 2.59. The van der Waals surface area contributed by atoms with Gasteiger partial charge in [-0.1, -0.05) is 11.6 Å². The van der Waals surface area contributed by atoms with Crippen molar-refractivity contribution in [2.45, 2.75) is 19.9 Å². The Balaban J connectivity index is 2.54. The molecule has 1 heterocycles. The van der Waals surface area contributed by atoms with Gasteiger partial charge in [0, 0.05) is 10.7 Å². The van der Waals surface area contributed by atoms with E-state index in [4.69, 9.17) is 17.3 Å². The number of rotatable bonds is 2. The Bertz CT molecular complexity index is 487. The molecule has 0 radical (unpaired) electrons. The van der Waals surface area contributed by atoms with Crippen LogP contribution in [0.5, 0.6) is 0 Å². The van der Waals surface area contributed by atoms with Gasteiger partial charge in [-0.3, -0.25) is 4.57 Å². The lowest BCUT2D eigenvalue weighted by Crippen LogP contribution is -2.13. The standard InChI is InChI=1S/C11H13ClN4/c1-7(13)11-15-14-8(2)16(11)10-5-3-9(12)4-6-10/h3-7H,13H2,1-2H3. The van der Waals surface area contributed by atoms with E-state index in [2.05, 4.69) is 10.2 Å². The first-order chi connectivity index (χ1) is 7.59. The van der Waals surface area contributed by atoms with Crippen LogP contribution < -0.4 is 5.73 Å². The molecule has 1 unspecified atom stereocenters. The summed E-state index contributed by atoms with van der Waals surface area (Å²) < 4.78 is 1.93. The quantitative estimate of drug-likeness (QED) is 0.870. The molecule has 0 aliphatic rings. The van der Waals surface area contributed by atoms with Gasteiger partial charge in [-0.15, -0.1) is 10.2 Å². The van der Waals surface area contributed by atoms with Gasteiger partial charge in [0.25, 0.3) is 0 Å². The predicted molar refractivity (Wildman–Crippen MR) is 63.7 cm³/mol. The maximum atomic E-state index is 5.85. The van der Waals surface area contributed by atoms with Crippen LogP contribution in [0.1, 0.15) is 24.6 Å². The van der Waals surface area contributed by atoms with Crippen LogP contribution in [-0.4, -0.2) is 14.8 Å². The Morgan fingerprint density at radius 1 is 1.25 bits per heavy atom. The molecule has 0 aliphatic carbocycles. The van der Waals surface area contributed by atoms with Crippen molar-refractivity contribution in [1.29, 1.82) is 0 Å². The molecule has 0 saturated carbocycles. The number of aromatic nitrogens is 3. The maximum absolute atomic E-state index is 5.85. The second-order valence-electron chi connectivity index (χ2n) is 3.71. The molecular formula is C11H13ClN4. The van der Waals surface area contributed by atoms with Crippen molar-refractivity contribution >= 4 is 11.6 Å². The summed E-state index contributed by atoms with van der Waals surface area (Å²) in [4.78, 5) is 0. The number of hydrogen-bond acceptors (Lipinski definition) is 3. The lowest BCUT2D eigenvalue weighted by atomic mass is 10.2. The molecule has 1 aromatic carbocycles. The second-order valence-corrected chi connectivity index (χ2v) is 4.14. The first-order valence-corrected chi connectivity index (χ1v) is 5.41. The Morgan fingerprint density at radius 2 is 1.88 bits per heavy atom. The number of aryl methyl sites for hydroxylation is 1. The van der Waals surface area contributed by atoms with Gasteiger partial charge in [-0.05, 0) is 38.1 Å². The minimum atomic E-state index is -0.156. The molecular weight excluding hydrogens is 224 g/mol. The summed E-state index contributed by atoms with van der Waals surface area (Å²) in [6.07, 6.45) is 0. The Morgan fingerprint density at radius 3 is 2.44 bits per heavy atom. The molecule has 0 fully saturated rings. The van der Waals surface area contributed by atoms with Gasteiger partial charge in [0.05, 0.1) is 6.04 Å². The van der Waals surface area contributed by atoms with Gasteiger partial charge in [0.1, 0.15) is 5.82 Å². The van der Waals surface area contributed by atoms with Gasteiger partial charge >= 0.3 is 0 Å². The molecule has 16 heavy (non-hydrogen) atoms. The van der Waals surface area contributed by atoms with E-state index in [1.807, 2.05) is 42.7 Å². The number of nitrogens with zero attached hydrogens (tertiary/aromatic N) is 3. The monoisotopic (exact) mass is 236 g/mol. The smallest absolute Gasteiger partial charge is 0.154 e. The molecule has 0 saturated heterocycles. The van der Waals surface area contributed by atoms with Crippen LogP contribution in [0.2, 0.25) is 5.02 Å². The second kappa shape index (κ2) is 4.23. The first kappa shape index (κ1) is 11.1. The van der Waals surface area contributed by atoms with Gasteiger partial charge in [-0.2, -0.15) is 0 Å². The van der Waals surface area contributed by atoms with Crippen LogP contribution in [0.15, 0.2) is 24.3 Å². The summed E-state index contributed by atoms with van der Waals surface area (Å²) >= 11 is 5.85. The van der Waals surface area contributed by atoms with E-state index >= 15 is 0 Å². The normalized spacial score (nSPS) is 12.8. The van der Waals surface area contributed by atoms with Crippen LogP contribution in [0.4, 0.5) is 0 Å². The van der Waals surface area contributed by atoms with E-state index in [1.165, 1.54) is 0 Å². The number of hydrogen-bond donors (Lipinski definition) is 1. The third kappa shape index (κ3) is 1.94. The van der Waals surface area contributed by atoms with Crippen molar-refractivity contribution < 1.29 is 0 Å². The summed E-state index contributed by atoms with van der Waals surface area (Å²) in [5.41, 5.74) is 6.82. The van der Waals surface area contributed by atoms with Crippen molar-refractivity contribution in [3.63, 3.8) is 0 Å². The van der Waals surface area contributed by atoms with Crippen molar-refractivity contribution in [3.8, 4) is 5.69 Å². The van der Waals surface area contributed by atoms with E-state index in [0.717, 1.165) is 17.3 Å². The number of benzene rings is 1. The first-order valence-electron chi connectivity index (χ1n) is 5.03. The van der Waals surface area contributed by atoms with Crippen LogP contribution >= 0.6 is 11.6 Å². The molecule has 0 bridgehead atoms. The van der Waals surface area contributed by atoms with Gasteiger partial charge < -0.3 is 5.73 Å². The van der Waals surface area contributed by atoms with E-state index in [9.17, 15) is 0 Å². The average Bonchev–Trinajstić information content (AvgIpc) is 2.62. The highest BCUT2D eigenvalue weighted by Gasteiger charge is 2.13. The third-order valence-electron chi connectivity index (χ3n) is 2.34. The summed E-state index contributed by atoms with van der Waals surface area (Å²) in [7, 11) is 0. The summed E-state index contributed by atoms with van der Waals surface area (Å²) in [6, 6.07) is 7.36. The highest BCUT2D eigenvalue weighted by molar-refractivity contribution is 6.30. The number of halogens is 1. The lowest BCUT2D eigenvalue weighted by molar-refractivity contribution is 0.712. The largest absolute Gasteiger partial charge is 0.322 e. The SMILES string of the molecule is Cc1nnc(C(C)N)n1-c1ccc(Cl)cc1. The highest BCUT2D eigenvalue weighted by Crippen LogP contribution is 2.18. The van der Waals surface area contributed by atoms with E-state index in [1.54, 1.807) is 0 Å². The van der Waals surface area contributed by atoms with E-state index in [-0.39, 0.29) is 6.04 Å². The molecule has 84 valence electrons.